The predicted molar refractivity (Wildman–Crippen MR) is 64.1 cm³/mol. The van der Waals surface area contributed by atoms with Crippen molar-refractivity contribution in [3.63, 3.8) is 0 Å². The molecule has 0 radical (unpaired) electrons. The van der Waals surface area contributed by atoms with Crippen molar-refractivity contribution in [2.45, 2.75) is 6.42 Å². The number of carbonyl (C=O) groups is 1. The zero-order valence-corrected chi connectivity index (χ0v) is 10.1. The molecule has 2 rings (SSSR count). The third-order valence-electron chi connectivity index (χ3n) is 2.27. The zero-order valence-electron chi connectivity index (χ0n) is 9.30. The average Bonchev–Trinajstić information content (AvgIpc) is 2.80. The number of oxazole rings is 1. The molecule has 0 aliphatic heterocycles. The maximum atomic E-state index is 10.8. The van der Waals surface area contributed by atoms with Crippen LogP contribution >= 0.6 is 11.6 Å². The van der Waals surface area contributed by atoms with Crippen molar-refractivity contribution in [3.05, 3.63) is 47.1 Å². The Morgan fingerprint density at radius 2 is 2.22 bits per heavy atom. The number of rotatable bonds is 5. The van der Waals surface area contributed by atoms with E-state index in [0.717, 1.165) is 6.39 Å². The fraction of sp³-hybridized carbons (Fsp3) is 0.167. The molecule has 5 nitrogen and oxygen atoms in total. The molecule has 0 aliphatic carbocycles. The number of hydrogen-bond acceptors (Lipinski definition) is 4. The molecule has 0 amide bonds. The van der Waals surface area contributed by atoms with E-state index >= 15 is 0 Å². The van der Waals surface area contributed by atoms with Gasteiger partial charge in [-0.1, -0.05) is 23.7 Å². The third-order valence-corrected chi connectivity index (χ3v) is 2.58. The topological polar surface area (TPSA) is 72.6 Å². The van der Waals surface area contributed by atoms with Gasteiger partial charge in [0, 0.05) is 6.42 Å². The molecule has 1 aromatic heterocycles. The molecule has 0 bridgehead atoms. The Morgan fingerprint density at radius 1 is 1.44 bits per heavy atom. The number of ether oxygens (including phenoxy) is 1. The zero-order chi connectivity index (χ0) is 13.0. The minimum Gasteiger partial charge on any atom is -0.492 e. The molecule has 94 valence electrons. The lowest BCUT2D eigenvalue weighted by Gasteiger charge is -2.06. The Morgan fingerprint density at radius 3 is 2.94 bits per heavy atom. The van der Waals surface area contributed by atoms with Crippen molar-refractivity contribution in [3.8, 4) is 5.75 Å². The lowest BCUT2D eigenvalue weighted by molar-refractivity contribution is 0.0688. The highest BCUT2D eigenvalue weighted by atomic mass is 35.5. The highest BCUT2D eigenvalue weighted by Crippen LogP contribution is 2.23. The molecule has 0 spiro atoms. The van der Waals surface area contributed by atoms with Crippen molar-refractivity contribution in [1.82, 2.24) is 4.98 Å². The highest BCUT2D eigenvalue weighted by molar-refractivity contribution is 6.32. The van der Waals surface area contributed by atoms with Crippen LogP contribution in [0.1, 0.15) is 16.2 Å². The summed E-state index contributed by atoms with van der Waals surface area (Å²) in [4.78, 5) is 14.4. The van der Waals surface area contributed by atoms with Crippen LogP contribution in [0.5, 0.6) is 5.75 Å². The van der Waals surface area contributed by atoms with Crippen molar-refractivity contribution in [2.24, 2.45) is 0 Å². The number of aromatic carboxylic acids is 1. The fourth-order valence-electron chi connectivity index (χ4n) is 1.44. The van der Waals surface area contributed by atoms with Crippen molar-refractivity contribution in [2.75, 3.05) is 6.61 Å². The van der Waals surface area contributed by atoms with E-state index in [9.17, 15) is 4.79 Å². The first-order valence-corrected chi connectivity index (χ1v) is 5.59. The van der Waals surface area contributed by atoms with E-state index in [-0.39, 0.29) is 18.1 Å². The van der Waals surface area contributed by atoms with Gasteiger partial charge in [0.05, 0.1) is 11.6 Å². The predicted octanol–water partition coefficient (Wildman–Crippen LogP) is 2.65. The summed E-state index contributed by atoms with van der Waals surface area (Å²) in [7, 11) is 0. The van der Waals surface area contributed by atoms with Crippen LogP contribution in [-0.4, -0.2) is 22.7 Å². The van der Waals surface area contributed by atoms with E-state index in [2.05, 4.69) is 4.98 Å². The number of para-hydroxylation sites is 1. The van der Waals surface area contributed by atoms with Crippen LogP contribution in [0.4, 0.5) is 0 Å². The second kappa shape index (κ2) is 5.55. The lowest BCUT2D eigenvalue weighted by Crippen LogP contribution is -2.06. The van der Waals surface area contributed by atoms with Gasteiger partial charge in [-0.15, -0.1) is 0 Å². The van der Waals surface area contributed by atoms with E-state index in [1.807, 2.05) is 0 Å². The number of halogens is 1. The third kappa shape index (κ3) is 2.81. The molecule has 2 aromatic rings. The summed E-state index contributed by atoms with van der Waals surface area (Å²) in [5.74, 6) is -0.276. The second-order valence-electron chi connectivity index (χ2n) is 3.46. The maximum absolute atomic E-state index is 10.8. The second-order valence-corrected chi connectivity index (χ2v) is 3.87. The monoisotopic (exact) mass is 267 g/mol. The summed E-state index contributed by atoms with van der Waals surface area (Å²) in [6.07, 6.45) is 1.42. The molecule has 0 saturated carbocycles. The van der Waals surface area contributed by atoms with Gasteiger partial charge in [0.1, 0.15) is 11.5 Å². The molecule has 0 saturated heterocycles. The van der Waals surface area contributed by atoms with E-state index in [0.29, 0.717) is 17.2 Å². The van der Waals surface area contributed by atoms with Crippen LogP contribution in [0.3, 0.4) is 0 Å². The Hall–Kier alpha value is -2.01. The molecule has 1 aromatic carbocycles. The smallest absolute Gasteiger partial charge is 0.358 e. The number of carboxylic acids is 1. The van der Waals surface area contributed by atoms with Crippen molar-refractivity contribution in [1.29, 1.82) is 0 Å². The molecule has 0 aliphatic rings. The molecule has 0 unspecified atom stereocenters. The molecule has 0 atom stereocenters. The number of nitrogens with zero attached hydrogens (tertiary/aromatic N) is 1. The lowest BCUT2D eigenvalue weighted by atomic mass is 10.3. The van der Waals surface area contributed by atoms with Gasteiger partial charge < -0.3 is 14.3 Å². The van der Waals surface area contributed by atoms with E-state index in [4.69, 9.17) is 25.9 Å². The molecule has 6 heteroatoms. The first kappa shape index (κ1) is 12.4. The number of hydrogen-bond donors (Lipinski definition) is 1. The standard InChI is InChI=1S/C12H10ClNO4/c13-8-3-1-2-4-9(8)17-6-5-10-11(12(15)16)14-7-18-10/h1-4,7H,5-6H2,(H,15,16). The summed E-state index contributed by atoms with van der Waals surface area (Å²) < 4.78 is 10.4. The molecule has 18 heavy (non-hydrogen) atoms. The van der Waals surface area contributed by atoms with Crippen LogP contribution in [-0.2, 0) is 6.42 Å². The number of benzene rings is 1. The Labute approximate surface area is 108 Å². The quantitative estimate of drug-likeness (QED) is 0.901. The largest absolute Gasteiger partial charge is 0.492 e. The van der Waals surface area contributed by atoms with Gasteiger partial charge in [0.25, 0.3) is 0 Å². The van der Waals surface area contributed by atoms with Crippen LogP contribution in [0.25, 0.3) is 0 Å². The Bertz CT molecular complexity index is 553. The Balaban J connectivity index is 1.95. The van der Waals surface area contributed by atoms with Crippen LogP contribution in [0, 0.1) is 0 Å². The molecular weight excluding hydrogens is 258 g/mol. The number of carboxylic acid groups (broad SMARTS) is 1. The van der Waals surface area contributed by atoms with Gasteiger partial charge >= 0.3 is 5.97 Å². The highest BCUT2D eigenvalue weighted by Gasteiger charge is 2.15. The minimum absolute atomic E-state index is 0.0854. The van der Waals surface area contributed by atoms with Gasteiger partial charge in [-0.25, -0.2) is 9.78 Å². The molecule has 1 N–H and O–H groups in total. The summed E-state index contributed by atoms with van der Waals surface area (Å²) in [5, 5.41) is 9.34. The average molecular weight is 268 g/mol. The van der Waals surface area contributed by atoms with Gasteiger partial charge in [0.15, 0.2) is 12.1 Å². The Kier molecular flexibility index (Phi) is 3.84. The maximum Gasteiger partial charge on any atom is 0.358 e. The normalized spacial score (nSPS) is 10.3. The fourth-order valence-corrected chi connectivity index (χ4v) is 1.63. The van der Waals surface area contributed by atoms with E-state index < -0.39 is 5.97 Å². The van der Waals surface area contributed by atoms with E-state index in [1.54, 1.807) is 24.3 Å². The van der Waals surface area contributed by atoms with Crippen molar-refractivity contribution < 1.29 is 19.1 Å². The molecule has 0 fully saturated rings. The summed E-state index contributed by atoms with van der Waals surface area (Å²) in [6, 6.07) is 7.06. The summed E-state index contributed by atoms with van der Waals surface area (Å²) in [6.45, 7) is 0.263. The SMILES string of the molecule is O=C(O)c1ncoc1CCOc1ccccc1Cl. The van der Waals surface area contributed by atoms with Gasteiger partial charge in [-0.3, -0.25) is 0 Å². The minimum atomic E-state index is -1.11. The van der Waals surface area contributed by atoms with Gasteiger partial charge in [-0.05, 0) is 12.1 Å². The van der Waals surface area contributed by atoms with Crippen molar-refractivity contribution >= 4 is 17.6 Å². The van der Waals surface area contributed by atoms with Gasteiger partial charge in [-0.2, -0.15) is 0 Å². The number of aromatic nitrogens is 1. The summed E-state index contributed by atoms with van der Waals surface area (Å²) >= 11 is 5.91. The first-order chi connectivity index (χ1) is 8.68. The van der Waals surface area contributed by atoms with Crippen LogP contribution < -0.4 is 4.74 Å². The van der Waals surface area contributed by atoms with Gasteiger partial charge in [0.2, 0.25) is 0 Å². The van der Waals surface area contributed by atoms with Crippen LogP contribution in [0.2, 0.25) is 5.02 Å². The molecular formula is C12H10ClNO4. The first-order valence-electron chi connectivity index (χ1n) is 5.21. The summed E-state index contributed by atoms with van der Waals surface area (Å²) in [5.41, 5.74) is -0.0854. The van der Waals surface area contributed by atoms with E-state index in [1.165, 1.54) is 0 Å². The molecule has 1 heterocycles. The van der Waals surface area contributed by atoms with Crippen LogP contribution in [0.15, 0.2) is 35.1 Å².